The lowest BCUT2D eigenvalue weighted by molar-refractivity contribution is -0.120. The quantitative estimate of drug-likeness (QED) is 0.764. The topological polar surface area (TPSA) is 63.2 Å². The molecule has 0 bridgehead atoms. The first-order valence-corrected chi connectivity index (χ1v) is 10.6. The van der Waals surface area contributed by atoms with Crippen molar-refractivity contribution in [2.75, 3.05) is 6.54 Å². The summed E-state index contributed by atoms with van der Waals surface area (Å²) in [4.78, 5) is 12.1. The summed E-state index contributed by atoms with van der Waals surface area (Å²) in [5.74, 6) is 0.308. The summed E-state index contributed by atoms with van der Waals surface area (Å²) in [6.45, 7) is 6.83. The van der Waals surface area contributed by atoms with Crippen molar-refractivity contribution in [3.05, 3.63) is 65.2 Å². The van der Waals surface area contributed by atoms with Crippen molar-refractivity contribution in [2.24, 2.45) is 0 Å². The van der Waals surface area contributed by atoms with Gasteiger partial charge in [-0.05, 0) is 41.2 Å². The van der Waals surface area contributed by atoms with Gasteiger partial charge in [0.15, 0.2) is 9.84 Å². The first-order valence-electron chi connectivity index (χ1n) is 8.99. The fraction of sp³-hybridized carbons (Fsp3) is 0.381. The highest BCUT2D eigenvalue weighted by atomic mass is 32.2. The molecule has 2 aromatic carbocycles. The van der Waals surface area contributed by atoms with Gasteiger partial charge in [-0.3, -0.25) is 4.79 Å². The van der Waals surface area contributed by atoms with Crippen LogP contribution in [-0.4, -0.2) is 20.9 Å². The first kappa shape index (κ1) is 20.2. The van der Waals surface area contributed by atoms with Crippen molar-refractivity contribution in [3.8, 4) is 0 Å². The molecule has 2 aromatic rings. The van der Waals surface area contributed by atoms with Crippen LogP contribution in [0, 0.1) is 0 Å². The van der Waals surface area contributed by atoms with E-state index >= 15 is 0 Å². The van der Waals surface area contributed by atoms with Crippen LogP contribution in [0.1, 0.15) is 49.8 Å². The molecule has 0 aliphatic carbocycles. The zero-order chi connectivity index (χ0) is 19.2. The molecule has 0 heterocycles. The lowest BCUT2D eigenvalue weighted by Crippen LogP contribution is -2.25. The van der Waals surface area contributed by atoms with E-state index in [2.05, 4.69) is 19.2 Å². The van der Waals surface area contributed by atoms with Crippen LogP contribution in [0.5, 0.6) is 0 Å². The summed E-state index contributed by atoms with van der Waals surface area (Å²) >= 11 is 0. The predicted molar refractivity (Wildman–Crippen MR) is 105 cm³/mol. The number of carbonyl (C=O) groups excluding carboxylic acids is 1. The third-order valence-electron chi connectivity index (χ3n) is 4.22. The molecular formula is C21H27NO3S. The fourth-order valence-electron chi connectivity index (χ4n) is 2.63. The molecule has 0 saturated carbocycles. The molecule has 0 aliphatic heterocycles. The smallest absolute Gasteiger partial charge is 0.224 e. The van der Waals surface area contributed by atoms with Gasteiger partial charge in [-0.2, -0.15) is 0 Å². The molecule has 0 radical (unpaired) electrons. The number of sulfone groups is 1. The fourth-order valence-corrected chi connectivity index (χ4v) is 3.98. The maximum atomic E-state index is 12.6. The standard InChI is InChI=1S/C21H27NO3S/c1-4-13-22-21(23)14-17-5-7-18(8-6-17)15-26(24,25)20-11-9-19(10-12-20)16(2)3/h5-12,16H,4,13-15H2,1-3H3,(H,22,23). The van der Waals surface area contributed by atoms with E-state index in [1.165, 1.54) is 0 Å². The molecule has 0 aromatic heterocycles. The van der Waals surface area contributed by atoms with Crippen LogP contribution in [0.4, 0.5) is 0 Å². The Bertz CT molecular complexity index is 823. The van der Waals surface area contributed by atoms with Gasteiger partial charge in [-0.1, -0.05) is 57.2 Å². The second-order valence-electron chi connectivity index (χ2n) is 6.83. The molecule has 0 spiro atoms. The van der Waals surface area contributed by atoms with E-state index in [4.69, 9.17) is 0 Å². The Kier molecular flexibility index (Phi) is 6.98. The van der Waals surface area contributed by atoms with Crippen LogP contribution >= 0.6 is 0 Å². The predicted octanol–water partition coefficient (Wildman–Crippen LogP) is 3.85. The lowest BCUT2D eigenvalue weighted by atomic mass is 10.0. The van der Waals surface area contributed by atoms with Crippen molar-refractivity contribution in [1.82, 2.24) is 5.32 Å². The van der Waals surface area contributed by atoms with E-state index in [0.717, 1.165) is 23.1 Å². The molecule has 2 rings (SSSR count). The van der Waals surface area contributed by atoms with Crippen molar-refractivity contribution < 1.29 is 13.2 Å². The highest BCUT2D eigenvalue weighted by Crippen LogP contribution is 2.20. The minimum absolute atomic E-state index is 0.0162. The molecule has 4 nitrogen and oxygen atoms in total. The van der Waals surface area contributed by atoms with E-state index in [-0.39, 0.29) is 11.7 Å². The molecule has 140 valence electrons. The summed E-state index contributed by atoms with van der Waals surface area (Å²) in [7, 11) is -3.38. The van der Waals surface area contributed by atoms with Gasteiger partial charge in [0.05, 0.1) is 17.1 Å². The van der Waals surface area contributed by atoms with Gasteiger partial charge in [0, 0.05) is 6.54 Å². The molecule has 5 heteroatoms. The molecular weight excluding hydrogens is 346 g/mol. The molecule has 0 unspecified atom stereocenters. The maximum absolute atomic E-state index is 12.6. The highest BCUT2D eigenvalue weighted by molar-refractivity contribution is 7.90. The molecule has 0 atom stereocenters. The summed E-state index contributed by atoms with van der Waals surface area (Å²) in [6.07, 6.45) is 1.21. The van der Waals surface area contributed by atoms with E-state index < -0.39 is 9.84 Å². The van der Waals surface area contributed by atoms with E-state index in [1.54, 1.807) is 24.3 Å². The van der Waals surface area contributed by atoms with Crippen LogP contribution in [-0.2, 0) is 26.8 Å². The average molecular weight is 374 g/mol. The van der Waals surface area contributed by atoms with Gasteiger partial charge >= 0.3 is 0 Å². The van der Waals surface area contributed by atoms with E-state index in [0.29, 0.717) is 23.8 Å². The van der Waals surface area contributed by atoms with E-state index in [9.17, 15) is 13.2 Å². The van der Waals surface area contributed by atoms with E-state index in [1.807, 2.05) is 31.2 Å². The van der Waals surface area contributed by atoms with Gasteiger partial charge < -0.3 is 5.32 Å². The zero-order valence-corrected chi connectivity index (χ0v) is 16.5. The Morgan fingerprint density at radius 3 is 2.08 bits per heavy atom. The number of carbonyl (C=O) groups is 1. The molecule has 0 fully saturated rings. The van der Waals surface area contributed by atoms with Gasteiger partial charge in [0.25, 0.3) is 0 Å². The second kappa shape index (κ2) is 8.99. The van der Waals surface area contributed by atoms with Crippen molar-refractivity contribution in [2.45, 2.75) is 50.2 Å². The number of nitrogens with one attached hydrogen (secondary N) is 1. The van der Waals surface area contributed by atoms with Gasteiger partial charge in [0.2, 0.25) is 5.91 Å². The average Bonchev–Trinajstić information content (AvgIpc) is 2.61. The Morgan fingerprint density at radius 2 is 1.54 bits per heavy atom. The monoisotopic (exact) mass is 373 g/mol. The number of rotatable bonds is 8. The SMILES string of the molecule is CCCNC(=O)Cc1ccc(CS(=O)(=O)c2ccc(C(C)C)cc2)cc1. The third kappa shape index (κ3) is 5.70. The summed E-state index contributed by atoms with van der Waals surface area (Å²) < 4.78 is 25.2. The Hall–Kier alpha value is -2.14. The highest BCUT2D eigenvalue weighted by Gasteiger charge is 2.16. The Morgan fingerprint density at radius 1 is 0.962 bits per heavy atom. The number of benzene rings is 2. The minimum Gasteiger partial charge on any atom is -0.356 e. The molecule has 1 N–H and O–H groups in total. The minimum atomic E-state index is -3.38. The molecule has 26 heavy (non-hydrogen) atoms. The van der Waals surface area contributed by atoms with Crippen molar-refractivity contribution in [1.29, 1.82) is 0 Å². The summed E-state index contributed by atoms with van der Waals surface area (Å²) in [6, 6.07) is 14.3. The summed E-state index contributed by atoms with van der Waals surface area (Å²) in [5.41, 5.74) is 2.71. The van der Waals surface area contributed by atoms with Crippen LogP contribution in [0.15, 0.2) is 53.4 Å². The van der Waals surface area contributed by atoms with Crippen LogP contribution in [0.3, 0.4) is 0 Å². The Labute approximate surface area is 156 Å². The Balaban J connectivity index is 2.04. The molecule has 0 saturated heterocycles. The number of hydrogen-bond acceptors (Lipinski definition) is 3. The lowest BCUT2D eigenvalue weighted by Gasteiger charge is -2.09. The molecule has 0 aliphatic rings. The van der Waals surface area contributed by atoms with Crippen molar-refractivity contribution >= 4 is 15.7 Å². The third-order valence-corrected chi connectivity index (χ3v) is 5.93. The first-order chi connectivity index (χ1) is 12.3. The van der Waals surface area contributed by atoms with Crippen LogP contribution in [0.2, 0.25) is 0 Å². The maximum Gasteiger partial charge on any atom is 0.224 e. The van der Waals surface area contributed by atoms with Gasteiger partial charge in [-0.25, -0.2) is 8.42 Å². The zero-order valence-electron chi connectivity index (χ0n) is 15.7. The van der Waals surface area contributed by atoms with Crippen LogP contribution in [0.25, 0.3) is 0 Å². The largest absolute Gasteiger partial charge is 0.356 e. The summed E-state index contributed by atoms with van der Waals surface area (Å²) in [5, 5.41) is 2.83. The number of hydrogen-bond donors (Lipinski definition) is 1. The van der Waals surface area contributed by atoms with Gasteiger partial charge in [0.1, 0.15) is 0 Å². The van der Waals surface area contributed by atoms with Crippen molar-refractivity contribution in [3.63, 3.8) is 0 Å². The van der Waals surface area contributed by atoms with Gasteiger partial charge in [-0.15, -0.1) is 0 Å². The number of amides is 1. The molecule has 1 amide bonds. The second-order valence-corrected chi connectivity index (χ2v) is 8.82. The normalized spacial score (nSPS) is 11.5. The van der Waals surface area contributed by atoms with Crippen LogP contribution < -0.4 is 5.32 Å².